The van der Waals surface area contributed by atoms with Gasteiger partial charge in [-0.25, -0.2) is 4.79 Å². The van der Waals surface area contributed by atoms with Crippen molar-refractivity contribution in [3.05, 3.63) is 70.8 Å². The Morgan fingerprint density at radius 1 is 1.03 bits per heavy atom. The number of ether oxygens (including phenoxy) is 2. The van der Waals surface area contributed by atoms with E-state index in [4.69, 9.17) is 9.47 Å². The minimum atomic E-state index is -0.331. The highest BCUT2D eigenvalue weighted by atomic mass is 16.5. The van der Waals surface area contributed by atoms with Crippen LogP contribution in [0.25, 0.3) is 5.57 Å². The second-order valence-corrected chi connectivity index (χ2v) is 11.0. The summed E-state index contributed by atoms with van der Waals surface area (Å²) in [5, 5.41) is 10.0. The van der Waals surface area contributed by atoms with Crippen LogP contribution in [0.5, 0.6) is 5.75 Å². The number of hydrogen-bond acceptors (Lipinski definition) is 4. The first-order valence-electron chi connectivity index (χ1n) is 13.3. The van der Waals surface area contributed by atoms with Crippen LogP contribution >= 0.6 is 0 Å². The molecule has 0 atom stereocenters. The highest BCUT2D eigenvalue weighted by Gasteiger charge is 2.52. The third-order valence-corrected chi connectivity index (χ3v) is 8.61. The molecular weight excluding hydrogens is 436 g/mol. The van der Waals surface area contributed by atoms with Gasteiger partial charge in [0, 0.05) is 5.56 Å². The third-order valence-electron chi connectivity index (χ3n) is 8.61. The summed E-state index contributed by atoms with van der Waals surface area (Å²) < 4.78 is 11.0. The summed E-state index contributed by atoms with van der Waals surface area (Å²) in [7, 11) is 1.81. The second-order valence-electron chi connectivity index (χ2n) is 11.0. The Hall–Kier alpha value is -2.59. The average Bonchev–Trinajstić information content (AvgIpc) is 2.86. The Morgan fingerprint density at radius 3 is 2.34 bits per heavy atom. The predicted octanol–water partition coefficient (Wildman–Crippen LogP) is 6.35. The highest BCUT2D eigenvalue weighted by Crippen LogP contribution is 2.61. The van der Waals surface area contributed by atoms with Crippen molar-refractivity contribution < 1.29 is 19.4 Å². The lowest BCUT2D eigenvalue weighted by Gasteiger charge is -2.57. The zero-order chi connectivity index (χ0) is 24.4. The van der Waals surface area contributed by atoms with Gasteiger partial charge in [0.25, 0.3) is 0 Å². The average molecular weight is 475 g/mol. The molecule has 4 nitrogen and oxygen atoms in total. The number of methoxy groups -OCH3 is 1. The molecule has 0 aliphatic heterocycles. The highest BCUT2D eigenvalue weighted by molar-refractivity contribution is 5.90. The second kappa shape index (κ2) is 10.2. The molecule has 0 amide bonds. The van der Waals surface area contributed by atoms with E-state index in [1.165, 1.54) is 49.7 Å². The van der Waals surface area contributed by atoms with E-state index in [2.05, 4.69) is 24.3 Å². The molecule has 186 valence electrons. The molecule has 0 aromatic heterocycles. The van der Waals surface area contributed by atoms with Gasteiger partial charge >= 0.3 is 5.97 Å². The Morgan fingerprint density at radius 2 is 1.71 bits per heavy atom. The van der Waals surface area contributed by atoms with Crippen molar-refractivity contribution >= 4 is 11.5 Å². The summed E-state index contributed by atoms with van der Waals surface area (Å²) in [5.41, 5.74) is 5.28. The summed E-state index contributed by atoms with van der Waals surface area (Å²) in [4.78, 5) is 12.1. The zero-order valence-electron chi connectivity index (χ0n) is 21.1. The molecule has 0 radical (unpaired) electrons. The molecule has 0 unspecified atom stereocenters. The first-order valence-corrected chi connectivity index (χ1v) is 13.3. The number of esters is 1. The number of hydrogen-bond donors (Lipinski definition) is 1. The maximum absolute atomic E-state index is 12.1. The van der Waals surface area contributed by atoms with E-state index in [9.17, 15) is 9.90 Å². The molecule has 35 heavy (non-hydrogen) atoms. The molecule has 4 bridgehead atoms. The number of aryl methyl sites for hydroxylation is 1. The molecule has 4 aliphatic rings. The molecule has 6 rings (SSSR count). The van der Waals surface area contributed by atoms with Gasteiger partial charge in [-0.15, -0.1) is 0 Å². The van der Waals surface area contributed by atoms with Crippen LogP contribution in [0.2, 0.25) is 0 Å². The molecule has 0 heterocycles. The summed E-state index contributed by atoms with van der Waals surface area (Å²) in [6, 6.07) is 14.1. The predicted molar refractivity (Wildman–Crippen MR) is 139 cm³/mol. The zero-order valence-corrected chi connectivity index (χ0v) is 21.1. The Bertz CT molecular complexity index is 1060. The lowest BCUT2D eigenvalue weighted by atomic mass is 9.48. The summed E-state index contributed by atoms with van der Waals surface area (Å²) in [5.74, 6) is 3.42. The van der Waals surface area contributed by atoms with Crippen LogP contribution in [-0.4, -0.2) is 31.4 Å². The van der Waals surface area contributed by atoms with Gasteiger partial charge < -0.3 is 14.6 Å². The van der Waals surface area contributed by atoms with Crippen molar-refractivity contribution in [3.63, 3.8) is 0 Å². The quantitative estimate of drug-likeness (QED) is 0.430. The number of carbonyl (C=O) groups excluding carboxylic acids is 1. The van der Waals surface area contributed by atoms with Crippen LogP contribution in [0.15, 0.2) is 48.5 Å². The van der Waals surface area contributed by atoms with E-state index in [0.29, 0.717) is 17.6 Å². The Kier molecular flexibility index (Phi) is 7.02. The lowest BCUT2D eigenvalue weighted by molar-refractivity contribution is -0.00619. The van der Waals surface area contributed by atoms with Crippen molar-refractivity contribution in [2.45, 2.75) is 63.7 Å². The van der Waals surface area contributed by atoms with Gasteiger partial charge in [-0.3, -0.25) is 0 Å². The van der Waals surface area contributed by atoms with Crippen LogP contribution < -0.4 is 4.74 Å². The lowest BCUT2D eigenvalue weighted by Crippen LogP contribution is -2.48. The van der Waals surface area contributed by atoms with Gasteiger partial charge in [-0.1, -0.05) is 30.3 Å². The molecule has 4 saturated carbocycles. The normalized spacial score (nSPS) is 27.2. The van der Waals surface area contributed by atoms with Crippen molar-refractivity contribution in [2.24, 2.45) is 17.8 Å². The summed E-state index contributed by atoms with van der Waals surface area (Å²) >= 11 is 0. The number of aliphatic hydroxyl groups excluding tert-OH is 1. The van der Waals surface area contributed by atoms with Gasteiger partial charge in [0.1, 0.15) is 5.75 Å². The third kappa shape index (κ3) is 4.91. The topological polar surface area (TPSA) is 55.8 Å². The van der Waals surface area contributed by atoms with E-state index in [-0.39, 0.29) is 12.6 Å². The minimum Gasteiger partial charge on any atom is -0.496 e. The fourth-order valence-electron chi connectivity index (χ4n) is 7.51. The van der Waals surface area contributed by atoms with Crippen molar-refractivity contribution in [1.82, 2.24) is 0 Å². The molecule has 2 aromatic rings. The molecule has 4 aliphatic carbocycles. The van der Waals surface area contributed by atoms with Crippen molar-refractivity contribution in [1.29, 1.82) is 0 Å². The molecule has 2 aromatic carbocycles. The van der Waals surface area contributed by atoms with Gasteiger partial charge in [0.2, 0.25) is 0 Å². The number of rotatable bonds is 9. The fraction of sp³-hybridized carbons (Fsp3) is 0.516. The molecule has 4 heteroatoms. The van der Waals surface area contributed by atoms with E-state index < -0.39 is 0 Å². The van der Waals surface area contributed by atoms with E-state index >= 15 is 0 Å². The number of aliphatic hydroxyl groups is 1. The monoisotopic (exact) mass is 474 g/mol. The largest absolute Gasteiger partial charge is 0.496 e. The van der Waals surface area contributed by atoms with Crippen molar-refractivity contribution in [3.8, 4) is 5.75 Å². The van der Waals surface area contributed by atoms with E-state index in [1.54, 1.807) is 26.2 Å². The first-order chi connectivity index (χ1) is 17.0. The van der Waals surface area contributed by atoms with Gasteiger partial charge in [0.15, 0.2) is 0 Å². The van der Waals surface area contributed by atoms with Crippen LogP contribution in [0.1, 0.15) is 78.9 Å². The molecule has 0 saturated heterocycles. The van der Waals surface area contributed by atoms with Gasteiger partial charge in [0.05, 0.1) is 25.9 Å². The number of carbonyl (C=O) groups is 1. The summed E-state index contributed by atoms with van der Waals surface area (Å²) in [6.45, 7) is 2.08. The van der Waals surface area contributed by atoms with E-state index in [1.807, 2.05) is 12.1 Å². The molecule has 4 fully saturated rings. The number of benzene rings is 2. The van der Waals surface area contributed by atoms with Crippen LogP contribution in [-0.2, 0) is 16.6 Å². The van der Waals surface area contributed by atoms with Crippen LogP contribution in [0.3, 0.4) is 0 Å². The van der Waals surface area contributed by atoms with Crippen LogP contribution in [0.4, 0.5) is 0 Å². The molecule has 1 N–H and O–H groups in total. The first kappa shape index (κ1) is 24.1. The van der Waals surface area contributed by atoms with Crippen LogP contribution in [0, 0.1) is 17.8 Å². The number of allylic oxidation sites excluding steroid dienone is 1. The van der Waals surface area contributed by atoms with E-state index in [0.717, 1.165) is 47.5 Å². The van der Waals surface area contributed by atoms with Crippen molar-refractivity contribution in [2.75, 3.05) is 20.3 Å². The smallest absolute Gasteiger partial charge is 0.338 e. The standard InChI is InChI=1S/C31H38O4/c1-3-35-30(33)26-8-5-7-25(16-26)27(20-32)9-4-6-21-10-11-29(34-2)28(15-21)31-17-22-12-23(18-31)14-24(13-22)19-31/h5,7-11,15-16,22-24,32H,3-4,6,12-14,17-20H2,1-2H3. The SMILES string of the molecule is CCOC(=O)c1cccc(C(=CCCc2ccc(OC)c(C34CC5CC(CC(C5)C3)C4)c2)CO)c1. The van der Waals surface area contributed by atoms with Gasteiger partial charge in [-0.2, -0.15) is 0 Å². The maximum Gasteiger partial charge on any atom is 0.338 e. The summed E-state index contributed by atoms with van der Waals surface area (Å²) in [6.07, 6.45) is 12.1. The Labute approximate surface area is 209 Å². The van der Waals surface area contributed by atoms with Gasteiger partial charge in [-0.05, 0) is 116 Å². The fourth-order valence-corrected chi connectivity index (χ4v) is 7.51. The maximum atomic E-state index is 12.1. The minimum absolute atomic E-state index is 0.0621. The molecular formula is C31H38O4. The molecule has 0 spiro atoms. The Balaban J connectivity index is 1.33.